The van der Waals surface area contributed by atoms with Crippen LogP contribution in [0.1, 0.15) is 16.1 Å². The molecule has 4 rings (SSSR count). The number of halogens is 1. The number of benzene rings is 3. The van der Waals surface area contributed by atoms with E-state index in [4.69, 9.17) is 20.8 Å². The van der Waals surface area contributed by atoms with Gasteiger partial charge in [-0.3, -0.25) is 13.9 Å². The summed E-state index contributed by atoms with van der Waals surface area (Å²) in [5, 5.41) is 5.69. The Kier molecular flexibility index (Phi) is 8.35. The third-order valence-electron chi connectivity index (χ3n) is 5.48. The molecule has 1 aromatic heterocycles. The number of hydrogen-bond donors (Lipinski definition) is 2. The second kappa shape index (κ2) is 11.8. The predicted octanol–water partition coefficient (Wildman–Crippen LogP) is 4.71. The molecular formula is C27H24ClN3O6S. The number of furan rings is 1. The van der Waals surface area contributed by atoms with Gasteiger partial charge < -0.3 is 19.8 Å². The summed E-state index contributed by atoms with van der Waals surface area (Å²) in [7, 11) is -2.70. The van der Waals surface area contributed by atoms with Crippen LogP contribution in [0.4, 0.5) is 11.4 Å². The summed E-state index contributed by atoms with van der Waals surface area (Å²) in [6.07, 6.45) is 1.50. The molecule has 3 aromatic carbocycles. The Morgan fingerprint density at radius 2 is 1.74 bits per heavy atom. The molecule has 0 aliphatic rings. The minimum atomic E-state index is -4.17. The van der Waals surface area contributed by atoms with Gasteiger partial charge in [0.15, 0.2) is 0 Å². The lowest BCUT2D eigenvalue weighted by molar-refractivity contribution is -0.114. The van der Waals surface area contributed by atoms with E-state index in [0.717, 1.165) is 4.31 Å². The fourth-order valence-corrected chi connectivity index (χ4v) is 5.20. The lowest BCUT2D eigenvalue weighted by Gasteiger charge is -2.24. The average Bonchev–Trinajstić information content (AvgIpc) is 3.44. The second-order valence-electron chi connectivity index (χ2n) is 8.02. The van der Waals surface area contributed by atoms with Gasteiger partial charge in [-0.15, -0.1) is 0 Å². The maximum atomic E-state index is 13.6. The highest BCUT2D eigenvalue weighted by Gasteiger charge is 2.28. The van der Waals surface area contributed by atoms with Crippen molar-refractivity contribution in [2.24, 2.45) is 0 Å². The fourth-order valence-electron chi connectivity index (χ4n) is 3.61. The smallest absolute Gasteiger partial charge is 0.264 e. The van der Waals surface area contributed by atoms with Crippen molar-refractivity contribution in [1.29, 1.82) is 0 Å². The molecule has 0 aliphatic carbocycles. The summed E-state index contributed by atoms with van der Waals surface area (Å²) in [4.78, 5) is 25.9. The Morgan fingerprint density at radius 3 is 2.42 bits per heavy atom. The highest BCUT2D eigenvalue weighted by atomic mass is 35.5. The number of sulfonamides is 1. The van der Waals surface area contributed by atoms with E-state index >= 15 is 0 Å². The summed E-state index contributed by atoms with van der Waals surface area (Å²) in [5.41, 5.74) is 0.634. The van der Waals surface area contributed by atoms with Crippen molar-refractivity contribution in [3.05, 3.63) is 108 Å². The monoisotopic (exact) mass is 553 g/mol. The highest BCUT2D eigenvalue weighted by molar-refractivity contribution is 7.92. The Bertz CT molecular complexity index is 1520. The van der Waals surface area contributed by atoms with Crippen LogP contribution in [0, 0.1) is 0 Å². The van der Waals surface area contributed by atoms with Crippen LogP contribution in [0.2, 0.25) is 5.02 Å². The van der Waals surface area contributed by atoms with Crippen LogP contribution in [0.5, 0.6) is 5.75 Å². The van der Waals surface area contributed by atoms with Crippen LogP contribution in [0.15, 0.2) is 101 Å². The van der Waals surface area contributed by atoms with Gasteiger partial charge in [-0.05, 0) is 66.7 Å². The van der Waals surface area contributed by atoms with E-state index in [1.807, 2.05) is 0 Å². The van der Waals surface area contributed by atoms with E-state index in [1.54, 1.807) is 48.5 Å². The Hall–Kier alpha value is -4.28. The Labute approximate surface area is 225 Å². The standard InChI is InChI=1S/C27H24ClN3O6S/c1-36-21-11-13-23(14-12-21)38(34,35)31(20-7-4-6-19(28)16-20)18-26(32)30-25-10-3-2-9-24(25)27(33)29-17-22-8-5-15-37-22/h2-16H,17-18H2,1H3,(H,29,33)(H,30,32). The minimum absolute atomic E-state index is 0.0382. The van der Waals surface area contributed by atoms with Gasteiger partial charge in [0.05, 0.1) is 41.8 Å². The molecule has 0 radical (unpaired) electrons. The first-order valence-electron chi connectivity index (χ1n) is 11.4. The average molecular weight is 554 g/mol. The number of methoxy groups -OCH3 is 1. The Balaban J connectivity index is 1.58. The van der Waals surface area contributed by atoms with E-state index in [9.17, 15) is 18.0 Å². The number of anilines is 2. The van der Waals surface area contributed by atoms with E-state index in [1.165, 1.54) is 49.8 Å². The number of para-hydroxylation sites is 1. The molecule has 0 aliphatic heterocycles. The van der Waals surface area contributed by atoms with Gasteiger partial charge in [0.25, 0.3) is 15.9 Å². The van der Waals surface area contributed by atoms with Gasteiger partial charge in [0.1, 0.15) is 18.1 Å². The predicted molar refractivity (Wildman–Crippen MR) is 144 cm³/mol. The van der Waals surface area contributed by atoms with Crippen LogP contribution in [-0.2, 0) is 21.4 Å². The number of nitrogens with one attached hydrogen (secondary N) is 2. The molecule has 0 fully saturated rings. The zero-order chi connectivity index (χ0) is 27.1. The van der Waals surface area contributed by atoms with E-state index in [0.29, 0.717) is 16.5 Å². The third-order valence-corrected chi connectivity index (χ3v) is 7.50. The molecule has 0 spiro atoms. The number of carbonyl (C=O) groups is 2. The number of nitrogens with zero attached hydrogens (tertiary/aromatic N) is 1. The molecule has 0 bridgehead atoms. The first kappa shape index (κ1) is 26.8. The molecule has 2 amide bonds. The van der Waals surface area contributed by atoms with E-state index < -0.39 is 28.4 Å². The fraction of sp³-hybridized carbons (Fsp3) is 0.111. The van der Waals surface area contributed by atoms with Crippen molar-refractivity contribution in [2.75, 3.05) is 23.3 Å². The summed E-state index contributed by atoms with van der Waals surface area (Å²) in [5.74, 6) is -0.0399. The zero-order valence-corrected chi connectivity index (χ0v) is 21.8. The van der Waals surface area contributed by atoms with Crippen molar-refractivity contribution in [3.8, 4) is 5.75 Å². The van der Waals surface area contributed by atoms with Crippen molar-refractivity contribution in [3.63, 3.8) is 0 Å². The molecule has 9 nitrogen and oxygen atoms in total. The van der Waals surface area contributed by atoms with Crippen molar-refractivity contribution >= 4 is 44.8 Å². The Morgan fingerprint density at radius 1 is 0.974 bits per heavy atom. The van der Waals surface area contributed by atoms with Gasteiger partial charge in [-0.2, -0.15) is 0 Å². The number of hydrogen-bond acceptors (Lipinski definition) is 6. The largest absolute Gasteiger partial charge is 0.497 e. The van der Waals surface area contributed by atoms with Crippen molar-refractivity contribution in [2.45, 2.75) is 11.4 Å². The quantitative estimate of drug-likeness (QED) is 0.294. The third kappa shape index (κ3) is 6.34. The highest BCUT2D eigenvalue weighted by Crippen LogP contribution is 2.27. The number of carbonyl (C=O) groups excluding carboxylic acids is 2. The SMILES string of the molecule is COc1ccc(S(=O)(=O)N(CC(=O)Nc2ccccc2C(=O)NCc2ccco2)c2cccc(Cl)c2)cc1. The maximum Gasteiger partial charge on any atom is 0.264 e. The van der Waals surface area contributed by atoms with E-state index in [-0.39, 0.29) is 28.4 Å². The molecular weight excluding hydrogens is 530 g/mol. The summed E-state index contributed by atoms with van der Waals surface area (Å²) < 4.78 is 38.5. The summed E-state index contributed by atoms with van der Waals surface area (Å²) in [6.45, 7) is -0.409. The summed E-state index contributed by atoms with van der Waals surface area (Å²) >= 11 is 6.12. The molecule has 2 N–H and O–H groups in total. The van der Waals surface area contributed by atoms with Gasteiger partial charge in [0.2, 0.25) is 5.91 Å². The van der Waals surface area contributed by atoms with E-state index in [2.05, 4.69) is 10.6 Å². The minimum Gasteiger partial charge on any atom is -0.497 e. The summed E-state index contributed by atoms with van der Waals surface area (Å²) in [6, 6.07) is 21.8. The van der Waals surface area contributed by atoms with Crippen LogP contribution in [0.3, 0.4) is 0 Å². The second-order valence-corrected chi connectivity index (χ2v) is 10.3. The van der Waals surface area contributed by atoms with Gasteiger partial charge in [0, 0.05) is 5.02 Å². The maximum absolute atomic E-state index is 13.6. The first-order valence-corrected chi connectivity index (χ1v) is 13.2. The number of amides is 2. The van der Waals surface area contributed by atoms with Crippen molar-refractivity contribution in [1.82, 2.24) is 5.32 Å². The lowest BCUT2D eigenvalue weighted by Crippen LogP contribution is -2.38. The molecule has 0 saturated carbocycles. The van der Waals surface area contributed by atoms with Gasteiger partial charge >= 0.3 is 0 Å². The van der Waals surface area contributed by atoms with Crippen LogP contribution in [0.25, 0.3) is 0 Å². The molecule has 1 heterocycles. The molecule has 0 unspecified atom stereocenters. The normalized spacial score (nSPS) is 11.0. The van der Waals surface area contributed by atoms with Gasteiger partial charge in [-0.25, -0.2) is 8.42 Å². The van der Waals surface area contributed by atoms with Crippen LogP contribution in [-0.4, -0.2) is 33.9 Å². The molecule has 0 atom stereocenters. The van der Waals surface area contributed by atoms with Crippen LogP contribution < -0.4 is 19.7 Å². The first-order chi connectivity index (χ1) is 18.3. The topological polar surface area (TPSA) is 118 Å². The van der Waals surface area contributed by atoms with Crippen LogP contribution >= 0.6 is 11.6 Å². The number of ether oxygens (including phenoxy) is 1. The number of rotatable bonds is 10. The molecule has 196 valence electrons. The van der Waals surface area contributed by atoms with Crippen molar-refractivity contribution < 1.29 is 27.2 Å². The molecule has 38 heavy (non-hydrogen) atoms. The zero-order valence-electron chi connectivity index (χ0n) is 20.3. The van der Waals surface area contributed by atoms with Gasteiger partial charge in [-0.1, -0.05) is 29.8 Å². The molecule has 4 aromatic rings. The molecule has 0 saturated heterocycles. The lowest BCUT2D eigenvalue weighted by atomic mass is 10.1. The molecule has 11 heteroatoms.